The average molecular weight is 818 g/mol. The van der Waals surface area contributed by atoms with E-state index in [-0.39, 0.29) is 13.0 Å². The highest BCUT2D eigenvalue weighted by atomic mass is 31.2. The van der Waals surface area contributed by atoms with Crippen molar-refractivity contribution in [3.63, 3.8) is 0 Å². The second kappa shape index (κ2) is 41.9. The fraction of sp³-hybridized carbons (Fsp3) is 0.911. The van der Waals surface area contributed by atoms with Gasteiger partial charge in [-0.15, -0.1) is 0 Å². The van der Waals surface area contributed by atoms with Crippen molar-refractivity contribution in [3.05, 3.63) is 12.2 Å². The Balaban J connectivity index is 4.10. The summed E-state index contributed by atoms with van der Waals surface area (Å²) in [6.45, 7) is 3.91. The van der Waals surface area contributed by atoms with Crippen LogP contribution in [0.3, 0.4) is 0 Å². The van der Waals surface area contributed by atoms with Crippen molar-refractivity contribution in [2.75, 3.05) is 26.4 Å². The third kappa shape index (κ3) is 40.9. The molecule has 0 fully saturated rings. The van der Waals surface area contributed by atoms with E-state index in [1.165, 1.54) is 167 Å². The smallest absolute Gasteiger partial charge is 0.472 e. The molecule has 0 heterocycles. The van der Waals surface area contributed by atoms with Crippen molar-refractivity contribution in [3.8, 4) is 0 Å². The van der Waals surface area contributed by atoms with Gasteiger partial charge in [0.2, 0.25) is 0 Å². The zero-order chi connectivity index (χ0) is 41.2. The molecular formula is C45H88NO9P. The van der Waals surface area contributed by atoms with Crippen LogP contribution in [0.5, 0.6) is 0 Å². The summed E-state index contributed by atoms with van der Waals surface area (Å²) in [6, 6.07) is -1.47. The minimum Gasteiger partial charge on any atom is -0.480 e. The molecular weight excluding hydrogens is 729 g/mol. The van der Waals surface area contributed by atoms with Gasteiger partial charge in [0.05, 0.1) is 19.8 Å². The van der Waals surface area contributed by atoms with Gasteiger partial charge in [-0.3, -0.25) is 18.6 Å². The Morgan fingerprint density at radius 3 is 1.36 bits per heavy atom. The van der Waals surface area contributed by atoms with Crippen LogP contribution in [0.15, 0.2) is 12.2 Å². The molecule has 56 heavy (non-hydrogen) atoms. The normalized spacial score (nSPS) is 13.9. The van der Waals surface area contributed by atoms with Crippen LogP contribution in [0.1, 0.15) is 226 Å². The number of unbranched alkanes of at least 4 members (excludes halogenated alkanes) is 29. The van der Waals surface area contributed by atoms with Gasteiger partial charge in [-0.05, 0) is 38.5 Å². The molecule has 0 aromatic rings. The van der Waals surface area contributed by atoms with Crippen molar-refractivity contribution >= 4 is 19.8 Å². The average Bonchev–Trinajstić information content (AvgIpc) is 3.18. The monoisotopic (exact) mass is 818 g/mol. The van der Waals surface area contributed by atoms with Gasteiger partial charge in [0.1, 0.15) is 12.1 Å². The molecule has 0 spiro atoms. The van der Waals surface area contributed by atoms with E-state index in [4.69, 9.17) is 29.4 Å². The molecule has 332 valence electrons. The number of nitrogens with two attached hydrogens (primary N) is 1. The summed E-state index contributed by atoms with van der Waals surface area (Å²) in [6.07, 6.45) is 44.1. The van der Waals surface area contributed by atoms with Gasteiger partial charge in [0.15, 0.2) is 0 Å². The first kappa shape index (κ1) is 54.7. The number of allylic oxidation sites excluding steroid dienone is 2. The minimum absolute atomic E-state index is 0.0217. The lowest BCUT2D eigenvalue weighted by molar-refractivity contribution is -0.154. The lowest BCUT2D eigenvalue weighted by Gasteiger charge is -2.20. The number of carboxylic acid groups (broad SMARTS) is 1. The number of phosphoric acid groups is 1. The number of rotatable bonds is 45. The lowest BCUT2D eigenvalue weighted by atomic mass is 10.0. The lowest BCUT2D eigenvalue weighted by Crippen LogP contribution is -2.34. The number of aliphatic carboxylic acids is 1. The molecule has 0 amide bonds. The first-order chi connectivity index (χ1) is 27.2. The third-order valence-electron chi connectivity index (χ3n) is 10.3. The maximum absolute atomic E-state index is 12.6. The van der Waals surface area contributed by atoms with Crippen LogP contribution in [0.4, 0.5) is 0 Å². The molecule has 11 heteroatoms. The van der Waals surface area contributed by atoms with Crippen LogP contribution in [0.2, 0.25) is 0 Å². The van der Waals surface area contributed by atoms with Crippen molar-refractivity contribution in [2.45, 2.75) is 238 Å². The quantitative estimate of drug-likeness (QED) is 0.0234. The van der Waals surface area contributed by atoms with Crippen molar-refractivity contribution in [1.82, 2.24) is 0 Å². The number of ether oxygens (including phenoxy) is 2. The van der Waals surface area contributed by atoms with E-state index in [0.29, 0.717) is 6.61 Å². The van der Waals surface area contributed by atoms with Crippen LogP contribution in [-0.2, 0) is 32.7 Å². The van der Waals surface area contributed by atoms with Gasteiger partial charge in [-0.25, -0.2) is 4.57 Å². The van der Waals surface area contributed by atoms with Crippen LogP contribution < -0.4 is 5.73 Å². The first-order valence-corrected chi connectivity index (χ1v) is 24.7. The molecule has 0 radical (unpaired) electrons. The fourth-order valence-corrected chi connectivity index (χ4v) is 7.44. The summed E-state index contributed by atoms with van der Waals surface area (Å²) in [7, 11) is -4.61. The van der Waals surface area contributed by atoms with Gasteiger partial charge in [0, 0.05) is 13.0 Å². The summed E-state index contributed by atoms with van der Waals surface area (Å²) < 4.78 is 33.4. The summed E-state index contributed by atoms with van der Waals surface area (Å²) in [5.41, 5.74) is 5.36. The molecule has 0 aliphatic carbocycles. The number of carboxylic acids is 1. The van der Waals surface area contributed by atoms with Gasteiger partial charge in [0.25, 0.3) is 0 Å². The number of carbonyl (C=O) groups excluding carboxylic acids is 1. The van der Waals surface area contributed by atoms with E-state index in [0.717, 1.165) is 38.5 Å². The third-order valence-corrected chi connectivity index (χ3v) is 11.2. The molecule has 4 N–H and O–H groups in total. The topological polar surface area (TPSA) is 155 Å². The summed E-state index contributed by atoms with van der Waals surface area (Å²) >= 11 is 0. The van der Waals surface area contributed by atoms with Crippen molar-refractivity contribution in [2.24, 2.45) is 5.73 Å². The predicted octanol–water partition coefficient (Wildman–Crippen LogP) is 12.9. The zero-order valence-electron chi connectivity index (χ0n) is 36.2. The van der Waals surface area contributed by atoms with Gasteiger partial charge in [-0.1, -0.05) is 193 Å². The molecule has 0 aliphatic heterocycles. The summed E-state index contributed by atoms with van der Waals surface area (Å²) in [5.74, 6) is -1.77. The molecule has 0 saturated heterocycles. The zero-order valence-corrected chi connectivity index (χ0v) is 37.1. The fourth-order valence-electron chi connectivity index (χ4n) is 6.66. The molecule has 0 aromatic carbocycles. The van der Waals surface area contributed by atoms with E-state index < -0.39 is 45.1 Å². The summed E-state index contributed by atoms with van der Waals surface area (Å²) in [5, 5.41) is 8.90. The van der Waals surface area contributed by atoms with Crippen LogP contribution in [0, 0.1) is 0 Å². The van der Waals surface area contributed by atoms with Crippen molar-refractivity contribution < 1.29 is 42.7 Å². The summed E-state index contributed by atoms with van der Waals surface area (Å²) in [4.78, 5) is 33.5. The number of phosphoric ester groups is 1. The Morgan fingerprint density at radius 1 is 0.554 bits per heavy atom. The number of hydrogen-bond donors (Lipinski definition) is 3. The van der Waals surface area contributed by atoms with E-state index in [9.17, 15) is 19.0 Å². The standard InChI is InChI=1S/C45H88NO9P/c1-3-5-7-9-11-13-15-17-18-19-20-21-22-23-24-25-26-28-30-32-34-36-38-52-39-42(40-53-56(50,51)54-41-43(46)45(48)49)55-44(47)37-35-33-31-29-27-16-14-12-10-8-6-4-2/h19-20,42-43H,3-18,21-41,46H2,1-2H3,(H,48,49)(H,50,51)/b20-19-. The Kier molecular flexibility index (Phi) is 40.9. The Bertz CT molecular complexity index is 951. The number of esters is 1. The second-order valence-corrected chi connectivity index (χ2v) is 17.3. The van der Waals surface area contributed by atoms with Crippen LogP contribution in [-0.4, -0.2) is 60.5 Å². The highest BCUT2D eigenvalue weighted by Crippen LogP contribution is 2.43. The van der Waals surface area contributed by atoms with Gasteiger partial charge >= 0.3 is 19.8 Å². The second-order valence-electron chi connectivity index (χ2n) is 15.9. The van der Waals surface area contributed by atoms with Gasteiger partial charge in [-0.2, -0.15) is 0 Å². The van der Waals surface area contributed by atoms with E-state index in [1.807, 2.05) is 0 Å². The molecule has 0 aromatic heterocycles. The first-order valence-electron chi connectivity index (χ1n) is 23.2. The molecule has 0 rings (SSSR count). The predicted molar refractivity (Wildman–Crippen MR) is 231 cm³/mol. The maximum Gasteiger partial charge on any atom is 0.472 e. The Morgan fingerprint density at radius 2 is 0.929 bits per heavy atom. The van der Waals surface area contributed by atoms with E-state index in [1.54, 1.807) is 0 Å². The Hall–Kier alpha value is -1.29. The molecule has 0 aliphatic rings. The SMILES string of the molecule is CCCCCCCCCC/C=C\CCCCCCCCCCCCOCC(COP(=O)(O)OCC(N)C(=O)O)OC(=O)CCCCCCCCCCCCCC. The van der Waals surface area contributed by atoms with Crippen molar-refractivity contribution in [1.29, 1.82) is 0 Å². The highest BCUT2D eigenvalue weighted by Gasteiger charge is 2.27. The van der Waals surface area contributed by atoms with E-state index >= 15 is 0 Å². The molecule has 0 bridgehead atoms. The van der Waals surface area contributed by atoms with E-state index in [2.05, 4.69) is 26.0 Å². The molecule has 0 saturated carbocycles. The molecule has 10 nitrogen and oxygen atoms in total. The Labute approximate surface area is 343 Å². The highest BCUT2D eigenvalue weighted by molar-refractivity contribution is 7.47. The van der Waals surface area contributed by atoms with Crippen LogP contribution >= 0.6 is 7.82 Å². The largest absolute Gasteiger partial charge is 0.480 e. The number of carbonyl (C=O) groups is 2. The minimum atomic E-state index is -4.61. The number of hydrogen-bond acceptors (Lipinski definition) is 8. The van der Waals surface area contributed by atoms with Crippen LogP contribution in [0.25, 0.3) is 0 Å². The maximum atomic E-state index is 12.6. The molecule has 3 unspecified atom stereocenters. The van der Waals surface area contributed by atoms with Gasteiger partial charge < -0.3 is 25.2 Å². The molecule has 3 atom stereocenters.